The van der Waals surface area contributed by atoms with E-state index in [2.05, 4.69) is 6.07 Å². The molecule has 2 fully saturated rings. The smallest absolute Gasteiger partial charge is 0.235 e. The van der Waals surface area contributed by atoms with Crippen molar-refractivity contribution < 1.29 is 34.2 Å². The number of likely N-dealkylation sites (N-methyl/N-ethyl adjacent to an activating group) is 1. The van der Waals surface area contributed by atoms with E-state index in [4.69, 9.17) is 11.0 Å². The summed E-state index contributed by atoms with van der Waals surface area (Å²) >= 11 is 0. The Bertz CT molecular complexity index is 1590. The van der Waals surface area contributed by atoms with Gasteiger partial charge in [-0.05, 0) is 74.3 Å². The Morgan fingerprint density at radius 2 is 1.84 bits per heavy atom. The van der Waals surface area contributed by atoms with Gasteiger partial charge in [0.15, 0.2) is 34.7 Å². The molecule has 0 radical (unpaired) electrons. The van der Waals surface area contributed by atoms with Gasteiger partial charge in [0.25, 0.3) is 0 Å². The van der Waals surface area contributed by atoms with Gasteiger partial charge in [-0.3, -0.25) is 28.9 Å². The van der Waals surface area contributed by atoms with Crippen molar-refractivity contribution in [1.29, 1.82) is 5.26 Å². The first-order valence-electron chi connectivity index (χ1n) is 14.2. The lowest BCUT2D eigenvalue weighted by Gasteiger charge is -2.52. The zero-order chi connectivity index (χ0) is 31.4. The fourth-order valence-corrected chi connectivity index (χ4v) is 7.34. The van der Waals surface area contributed by atoms with E-state index in [9.17, 15) is 34.2 Å². The summed E-state index contributed by atoms with van der Waals surface area (Å²) in [5.41, 5.74) is 5.60. The van der Waals surface area contributed by atoms with E-state index in [0.29, 0.717) is 30.6 Å². The van der Waals surface area contributed by atoms with Crippen molar-refractivity contribution in [2.75, 3.05) is 27.7 Å². The van der Waals surface area contributed by atoms with Crippen LogP contribution in [0.15, 0.2) is 36.4 Å². The van der Waals surface area contributed by atoms with Crippen molar-refractivity contribution in [3.05, 3.63) is 53.1 Å². The van der Waals surface area contributed by atoms with E-state index >= 15 is 0 Å². The molecule has 0 heterocycles. The molecule has 0 spiro atoms. The van der Waals surface area contributed by atoms with Crippen molar-refractivity contribution in [3.63, 3.8) is 0 Å². The van der Waals surface area contributed by atoms with Gasteiger partial charge >= 0.3 is 0 Å². The van der Waals surface area contributed by atoms with Crippen LogP contribution >= 0.6 is 0 Å². The van der Waals surface area contributed by atoms with Gasteiger partial charge in [0.1, 0.15) is 5.75 Å². The molecular weight excluding hydrogens is 552 g/mol. The number of carbonyl (C=O) groups is 5. The number of hydrogen-bond acceptors (Lipinski definition) is 10. The molecule has 224 valence electrons. The number of Topliss-reactive ketones (excluding diaryl/α,β-unsaturated/α-hetero) is 4. The van der Waals surface area contributed by atoms with Crippen LogP contribution in [0.2, 0.25) is 0 Å². The molecule has 11 nitrogen and oxygen atoms in total. The zero-order valence-corrected chi connectivity index (χ0v) is 24.2. The number of phenolic OH excluding ortho intramolecular Hbond substituents is 1. The van der Waals surface area contributed by atoms with E-state index in [1.807, 2.05) is 36.2 Å². The lowest BCUT2D eigenvalue weighted by atomic mass is 9.52. The molecule has 1 amide bonds. The SMILES string of the molecule is CN(CCC#N)Cc1cccc(-c2ccc(O)c3c2C[C@H]2C[C@H]4[C@H](N(C)C)C(=O)C(C(N)=O)C(=O)[C@@]4(O)C(=O)C2C3=O)c1. The molecular formula is C32H34N4O7. The average Bonchev–Trinajstić information content (AvgIpc) is 2.93. The number of carbonyl (C=O) groups excluding carboxylic acids is 5. The van der Waals surface area contributed by atoms with Crippen LogP contribution in [0.3, 0.4) is 0 Å². The summed E-state index contributed by atoms with van der Waals surface area (Å²) in [5, 5.41) is 31.5. The summed E-state index contributed by atoms with van der Waals surface area (Å²) in [7, 11) is 5.02. The molecule has 0 bridgehead atoms. The second-order valence-electron chi connectivity index (χ2n) is 12.1. The summed E-state index contributed by atoms with van der Waals surface area (Å²) in [6, 6.07) is 11.8. The molecule has 2 aromatic carbocycles. The molecule has 0 saturated heterocycles. The van der Waals surface area contributed by atoms with Crippen LogP contribution in [0.5, 0.6) is 5.75 Å². The molecule has 0 aliphatic heterocycles. The first-order chi connectivity index (χ1) is 20.3. The number of rotatable bonds is 7. The molecule has 2 aromatic rings. The predicted octanol–water partition coefficient (Wildman–Crippen LogP) is 0.879. The molecule has 2 saturated carbocycles. The maximum Gasteiger partial charge on any atom is 0.235 e. The number of fused-ring (bicyclic) bond motifs is 3. The molecule has 11 heteroatoms. The summed E-state index contributed by atoms with van der Waals surface area (Å²) in [6.45, 7) is 1.20. The minimum Gasteiger partial charge on any atom is -0.507 e. The Morgan fingerprint density at radius 1 is 1.12 bits per heavy atom. The third-order valence-electron chi connectivity index (χ3n) is 9.24. The van der Waals surface area contributed by atoms with Gasteiger partial charge in [0.05, 0.1) is 23.6 Å². The van der Waals surface area contributed by atoms with Gasteiger partial charge in [-0.2, -0.15) is 5.26 Å². The fraction of sp³-hybridized carbons (Fsp3) is 0.438. The summed E-state index contributed by atoms with van der Waals surface area (Å²) in [6.07, 6.45) is 0.570. The molecule has 0 aromatic heterocycles. The number of aliphatic hydroxyl groups is 1. The van der Waals surface area contributed by atoms with E-state index in [1.165, 1.54) is 11.0 Å². The standard InChI is InChI=1S/C32H34N4O7/c1-35(2)26-21-14-18-13-20-19(17-7-4-6-16(12-17)15-36(3)11-5-10-33)8-9-22(37)24(20)27(38)23(18)29(40)32(21,43)30(41)25(28(26)39)31(34)42/h4,6-9,12,18,21,23,25-26,37,43H,5,11,13-15H2,1-3H3,(H2,34,42)/t18-,21-,23?,25?,26-,32-/m0/s1. The highest BCUT2D eigenvalue weighted by atomic mass is 16.3. The molecule has 43 heavy (non-hydrogen) atoms. The maximum absolute atomic E-state index is 14.0. The largest absolute Gasteiger partial charge is 0.507 e. The maximum atomic E-state index is 14.0. The third kappa shape index (κ3) is 4.76. The first-order valence-corrected chi connectivity index (χ1v) is 14.2. The van der Waals surface area contributed by atoms with E-state index < -0.39 is 64.4 Å². The van der Waals surface area contributed by atoms with Crippen molar-refractivity contribution in [2.45, 2.75) is 37.5 Å². The van der Waals surface area contributed by atoms with Gasteiger partial charge in [-0.1, -0.05) is 24.3 Å². The highest BCUT2D eigenvalue weighted by molar-refractivity contribution is 6.32. The van der Waals surface area contributed by atoms with Gasteiger partial charge in [-0.15, -0.1) is 0 Å². The molecule has 3 aliphatic carbocycles. The van der Waals surface area contributed by atoms with Crippen LogP contribution in [-0.2, 0) is 32.1 Å². The summed E-state index contributed by atoms with van der Waals surface area (Å²) in [4.78, 5) is 70.3. The normalized spacial score (nSPS) is 28.3. The minimum absolute atomic E-state index is 0.0112. The Kier molecular flexibility index (Phi) is 7.81. The van der Waals surface area contributed by atoms with Crippen LogP contribution < -0.4 is 5.73 Å². The molecule has 3 aliphatic rings. The highest BCUT2D eigenvalue weighted by Gasteiger charge is 2.69. The second-order valence-corrected chi connectivity index (χ2v) is 12.1. The average molecular weight is 587 g/mol. The van der Waals surface area contributed by atoms with Gasteiger partial charge in [0.2, 0.25) is 5.91 Å². The number of hydrogen-bond donors (Lipinski definition) is 3. The fourth-order valence-electron chi connectivity index (χ4n) is 7.34. The van der Waals surface area contributed by atoms with Crippen LogP contribution in [0.25, 0.3) is 11.1 Å². The van der Waals surface area contributed by atoms with Crippen LogP contribution in [-0.4, -0.2) is 88.4 Å². The van der Waals surface area contributed by atoms with Gasteiger partial charge in [0, 0.05) is 25.4 Å². The number of nitriles is 1. The second kappa shape index (κ2) is 11.1. The monoisotopic (exact) mass is 586 g/mol. The Morgan fingerprint density at radius 3 is 2.49 bits per heavy atom. The number of primary amides is 1. The van der Waals surface area contributed by atoms with Crippen molar-refractivity contribution in [3.8, 4) is 22.9 Å². The number of nitrogens with zero attached hydrogens (tertiary/aromatic N) is 3. The number of nitrogens with two attached hydrogens (primary N) is 1. The number of phenols is 1. The topological polar surface area (TPSA) is 182 Å². The van der Waals surface area contributed by atoms with E-state index in [1.54, 1.807) is 20.2 Å². The number of ketones is 4. The van der Waals surface area contributed by atoms with Crippen LogP contribution in [0.4, 0.5) is 0 Å². The minimum atomic E-state index is -2.75. The lowest BCUT2D eigenvalue weighted by molar-refractivity contribution is -0.181. The molecule has 2 unspecified atom stereocenters. The summed E-state index contributed by atoms with van der Waals surface area (Å²) in [5.74, 6) is -10.7. The highest BCUT2D eigenvalue weighted by Crippen LogP contribution is 2.51. The van der Waals surface area contributed by atoms with Gasteiger partial charge < -0.3 is 20.8 Å². The number of aromatic hydroxyl groups is 1. The Labute approximate surface area is 248 Å². The van der Waals surface area contributed by atoms with E-state index in [0.717, 1.165) is 11.1 Å². The lowest BCUT2D eigenvalue weighted by Crippen LogP contribution is -2.74. The van der Waals surface area contributed by atoms with Crippen molar-refractivity contribution in [1.82, 2.24) is 9.80 Å². The Hall–Kier alpha value is -4.24. The predicted molar refractivity (Wildman–Crippen MR) is 153 cm³/mol. The number of benzene rings is 2. The van der Waals surface area contributed by atoms with Crippen LogP contribution in [0.1, 0.15) is 34.3 Å². The zero-order valence-electron chi connectivity index (χ0n) is 24.2. The van der Waals surface area contributed by atoms with Crippen molar-refractivity contribution >= 4 is 29.0 Å². The third-order valence-corrected chi connectivity index (χ3v) is 9.24. The van der Waals surface area contributed by atoms with E-state index in [-0.39, 0.29) is 24.2 Å². The molecule has 5 rings (SSSR count). The van der Waals surface area contributed by atoms with Crippen LogP contribution in [0, 0.1) is 35.0 Å². The van der Waals surface area contributed by atoms with Gasteiger partial charge in [-0.25, -0.2) is 0 Å². The Balaban J connectivity index is 1.57. The molecule has 6 atom stereocenters. The molecule has 4 N–H and O–H groups in total. The number of amides is 1. The summed E-state index contributed by atoms with van der Waals surface area (Å²) < 4.78 is 0. The van der Waals surface area contributed by atoms with Crippen molar-refractivity contribution in [2.24, 2.45) is 29.4 Å². The quantitative estimate of drug-likeness (QED) is 0.394. The first kappa shape index (κ1) is 30.2.